The molecule has 1 aromatic carbocycles. The van der Waals surface area contributed by atoms with Crippen molar-refractivity contribution in [1.29, 1.82) is 0 Å². The van der Waals surface area contributed by atoms with Crippen molar-refractivity contribution in [2.45, 2.75) is 109 Å². The minimum atomic E-state index is -0.774. The van der Waals surface area contributed by atoms with Crippen LogP contribution in [-0.2, 0) is 19.7 Å². The number of likely N-dealkylation sites (tertiary alicyclic amines) is 2. The largest absolute Gasteiger partial charge is 0.365 e. The van der Waals surface area contributed by atoms with E-state index in [2.05, 4.69) is 66.0 Å². The molecule has 2 amide bonds. The van der Waals surface area contributed by atoms with Gasteiger partial charge in [0.25, 0.3) is 5.91 Å². The van der Waals surface area contributed by atoms with Crippen molar-refractivity contribution in [3.8, 4) is 11.3 Å². The van der Waals surface area contributed by atoms with Gasteiger partial charge in [0, 0.05) is 61.8 Å². The highest BCUT2D eigenvalue weighted by Gasteiger charge is 2.57. The highest BCUT2D eigenvalue weighted by molar-refractivity contribution is 6.09. The number of nitrogens with one attached hydrogen (secondary N) is 1. The Labute approximate surface area is 316 Å². The summed E-state index contributed by atoms with van der Waals surface area (Å²) in [5.41, 5.74) is 4.18. The van der Waals surface area contributed by atoms with Gasteiger partial charge in [-0.3, -0.25) is 19.5 Å². The molecule has 0 radical (unpaired) electrons. The van der Waals surface area contributed by atoms with Crippen molar-refractivity contribution in [3.63, 3.8) is 0 Å². The van der Waals surface area contributed by atoms with Gasteiger partial charge in [0.15, 0.2) is 11.6 Å². The Morgan fingerprint density at radius 1 is 1.02 bits per heavy atom. The Morgan fingerprint density at radius 3 is 2.50 bits per heavy atom. The van der Waals surface area contributed by atoms with Crippen LogP contribution in [0.3, 0.4) is 0 Å². The van der Waals surface area contributed by atoms with Crippen LogP contribution in [0, 0.1) is 11.2 Å². The number of amides is 2. The molecule has 1 spiro atoms. The summed E-state index contributed by atoms with van der Waals surface area (Å²) in [7, 11) is 0. The molecule has 9 rings (SSSR count). The lowest BCUT2D eigenvalue weighted by atomic mass is 9.73. The summed E-state index contributed by atoms with van der Waals surface area (Å²) in [5, 5.41) is 3.23. The van der Waals surface area contributed by atoms with Gasteiger partial charge in [0.1, 0.15) is 11.1 Å². The van der Waals surface area contributed by atoms with Crippen LogP contribution in [0.15, 0.2) is 49.1 Å². The number of halogens is 1. The summed E-state index contributed by atoms with van der Waals surface area (Å²) < 4.78 is 22.8. The van der Waals surface area contributed by atoms with Gasteiger partial charge in [-0.05, 0) is 101 Å². The van der Waals surface area contributed by atoms with Gasteiger partial charge in [-0.1, -0.05) is 26.0 Å². The van der Waals surface area contributed by atoms with E-state index in [1.54, 1.807) is 18.6 Å². The smallest absolute Gasteiger partial charge is 0.254 e. The van der Waals surface area contributed by atoms with Gasteiger partial charge >= 0.3 is 0 Å². The monoisotopic (exact) mass is 734 g/mol. The minimum Gasteiger partial charge on any atom is -0.365 e. The molecule has 1 aliphatic carbocycles. The van der Waals surface area contributed by atoms with Crippen LogP contribution in [0.5, 0.6) is 0 Å². The van der Waals surface area contributed by atoms with Gasteiger partial charge < -0.3 is 24.4 Å². The van der Waals surface area contributed by atoms with Crippen molar-refractivity contribution in [2.24, 2.45) is 5.41 Å². The molecule has 5 aliphatic rings. The molecule has 4 fully saturated rings. The number of benzene rings is 1. The van der Waals surface area contributed by atoms with E-state index >= 15 is 0 Å². The number of pyridine rings is 2. The van der Waals surface area contributed by atoms with Gasteiger partial charge in [-0.25, -0.2) is 14.4 Å². The molecule has 12 heteroatoms. The van der Waals surface area contributed by atoms with E-state index in [1.165, 1.54) is 12.6 Å². The molecule has 54 heavy (non-hydrogen) atoms. The lowest BCUT2D eigenvalue weighted by molar-refractivity contribution is -0.153. The Kier molecular flexibility index (Phi) is 8.39. The summed E-state index contributed by atoms with van der Waals surface area (Å²) in [4.78, 5) is 49.0. The third kappa shape index (κ3) is 5.70. The Hall–Kier alpha value is -4.42. The summed E-state index contributed by atoms with van der Waals surface area (Å²) in [6, 6.07) is 10.6. The number of ether oxygens (including phenoxy) is 1. The fourth-order valence-electron chi connectivity index (χ4n) is 9.79. The number of hydrogen-bond acceptors (Lipinski definition) is 8. The van der Waals surface area contributed by atoms with E-state index in [0.29, 0.717) is 55.5 Å². The second-order valence-electron chi connectivity index (χ2n) is 17.6. The molecule has 0 unspecified atom stereocenters. The molecular weight excluding hydrogens is 684 g/mol. The van der Waals surface area contributed by atoms with Crippen molar-refractivity contribution < 1.29 is 18.7 Å². The number of carbonyl (C=O) groups excluding carboxylic acids is 2. The normalized spacial score (nSPS) is 26.2. The first kappa shape index (κ1) is 35.3. The molecule has 4 aromatic rings. The maximum absolute atomic E-state index is 15.0. The summed E-state index contributed by atoms with van der Waals surface area (Å²) in [5.74, 6) is 0.223. The number of carbonyl (C=O) groups is 2. The number of imidazole rings is 1. The second-order valence-corrected chi connectivity index (χ2v) is 17.6. The Balaban J connectivity index is 1.08. The van der Waals surface area contributed by atoms with E-state index in [4.69, 9.17) is 14.7 Å². The average Bonchev–Trinajstić information content (AvgIpc) is 3.91. The molecule has 0 bridgehead atoms. The van der Waals surface area contributed by atoms with E-state index < -0.39 is 16.8 Å². The lowest BCUT2D eigenvalue weighted by Crippen LogP contribution is -2.58. The maximum Gasteiger partial charge on any atom is 0.254 e. The van der Waals surface area contributed by atoms with Crippen LogP contribution >= 0.6 is 0 Å². The van der Waals surface area contributed by atoms with Crippen LogP contribution in [0.25, 0.3) is 22.3 Å². The summed E-state index contributed by atoms with van der Waals surface area (Å²) >= 11 is 0. The Morgan fingerprint density at radius 2 is 1.81 bits per heavy atom. The zero-order valence-corrected chi connectivity index (χ0v) is 32.1. The lowest BCUT2D eigenvalue weighted by Gasteiger charge is -2.47. The van der Waals surface area contributed by atoms with E-state index in [9.17, 15) is 14.0 Å². The van der Waals surface area contributed by atoms with Crippen LogP contribution in [-0.4, -0.2) is 91.6 Å². The first-order valence-electron chi connectivity index (χ1n) is 19.8. The maximum atomic E-state index is 15.0. The van der Waals surface area contributed by atoms with E-state index in [-0.39, 0.29) is 29.6 Å². The predicted molar refractivity (Wildman–Crippen MR) is 206 cm³/mol. The number of anilines is 3. The van der Waals surface area contributed by atoms with Gasteiger partial charge in [0.05, 0.1) is 34.8 Å². The van der Waals surface area contributed by atoms with E-state index in [0.717, 1.165) is 66.6 Å². The minimum absolute atomic E-state index is 0.0422. The predicted octanol–water partition coefficient (Wildman–Crippen LogP) is 7.00. The van der Waals surface area contributed by atoms with Crippen molar-refractivity contribution >= 4 is 40.0 Å². The molecule has 3 aromatic heterocycles. The molecule has 284 valence electrons. The molecular formula is C42H51FN8O3. The van der Waals surface area contributed by atoms with Crippen LogP contribution < -0.4 is 10.2 Å². The number of rotatable bonds is 7. The van der Waals surface area contributed by atoms with E-state index in [1.807, 2.05) is 22.5 Å². The van der Waals surface area contributed by atoms with Crippen molar-refractivity contribution in [2.75, 3.05) is 43.0 Å². The molecule has 7 heterocycles. The number of hydrogen-bond donors (Lipinski definition) is 1. The SMILES string of the molecule is CC(C)n1cnc2cc(-c3ccc4c(c3)N([C@H]3C[C@@H](N5CCC(C)(C)C5)C3)C(=O)C43CCN(C(=O)[C@@]4(C)CCCO4)CC3)nc(Nc3ccncc3F)c21. The zero-order valence-electron chi connectivity index (χ0n) is 32.1. The zero-order chi connectivity index (χ0) is 37.6. The molecule has 11 nitrogen and oxygen atoms in total. The summed E-state index contributed by atoms with van der Waals surface area (Å²) in [6.45, 7) is 14.6. The molecule has 1 saturated carbocycles. The number of piperidine rings is 1. The van der Waals surface area contributed by atoms with Gasteiger partial charge in [-0.15, -0.1) is 0 Å². The second kappa shape index (κ2) is 12.8. The highest BCUT2D eigenvalue weighted by Crippen LogP contribution is 2.53. The van der Waals surface area contributed by atoms with Crippen LogP contribution in [0.2, 0.25) is 0 Å². The summed E-state index contributed by atoms with van der Waals surface area (Å²) in [6.07, 6.45) is 10.4. The average molecular weight is 735 g/mol. The molecule has 4 aliphatic heterocycles. The fourth-order valence-corrected chi connectivity index (χ4v) is 9.79. The Bertz CT molecular complexity index is 2130. The molecule has 1 N–H and O–H groups in total. The number of nitrogens with zero attached hydrogens (tertiary/aromatic N) is 7. The molecule has 1 atom stereocenters. The number of aromatic nitrogens is 4. The van der Waals surface area contributed by atoms with Gasteiger partial charge in [0.2, 0.25) is 5.91 Å². The quantitative estimate of drug-likeness (QED) is 0.217. The fraction of sp³-hybridized carbons (Fsp3) is 0.548. The molecule has 3 saturated heterocycles. The third-order valence-corrected chi connectivity index (χ3v) is 13.1. The first-order valence-corrected chi connectivity index (χ1v) is 19.8. The van der Waals surface area contributed by atoms with Crippen molar-refractivity contribution in [3.05, 3.63) is 60.4 Å². The highest BCUT2D eigenvalue weighted by atomic mass is 19.1. The van der Waals surface area contributed by atoms with Crippen LogP contribution in [0.4, 0.5) is 21.6 Å². The van der Waals surface area contributed by atoms with Crippen molar-refractivity contribution in [1.82, 2.24) is 29.3 Å². The topological polar surface area (TPSA) is 109 Å². The first-order chi connectivity index (χ1) is 25.9. The third-order valence-electron chi connectivity index (χ3n) is 13.1. The number of fused-ring (bicyclic) bond motifs is 3. The standard InChI is InChI=1S/C42H51FN8O3/c1-26(2)50-25-45-34-22-33(47-37(36(34)50)46-32-9-14-44-23-31(32)43)27-7-8-30-35(19-27)51(29-20-28(21-29)49-15-11-40(3,4)24-49)39(53)42(30)12-16-48(17-13-42)38(52)41(5)10-6-18-54-41/h7-9,14,19,22-23,25-26,28-29H,6,10-13,15-18,20-21,24H2,1-5H3,(H,44,46,47)/t28-,29+,41-/m1/s1. The van der Waals surface area contributed by atoms with Gasteiger partial charge in [-0.2, -0.15) is 0 Å². The van der Waals surface area contributed by atoms with Crippen LogP contribution in [0.1, 0.15) is 91.2 Å².